The van der Waals surface area contributed by atoms with Gasteiger partial charge in [-0.3, -0.25) is 4.79 Å². The largest absolute Gasteiger partial charge is 0.496 e. The van der Waals surface area contributed by atoms with Crippen molar-refractivity contribution in [2.45, 2.75) is 26.8 Å². The minimum Gasteiger partial charge on any atom is -0.496 e. The van der Waals surface area contributed by atoms with Gasteiger partial charge in [0.2, 0.25) is 0 Å². The highest BCUT2D eigenvalue weighted by molar-refractivity contribution is 5.67. The number of carboxylic acids is 1. The Hall–Kier alpha value is -1.55. The Morgan fingerprint density at radius 2 is 2.06 bits per heavy atom. The van der Waals surface area contributed by atoms with E-state index in [4.69, 9.17) is 9.84 Å². The van der Waals surface area contributed by atoms with E-state index in [0.717, 1.165) is 11.3 Å². The molecule has 0 atom stereocenters. The van der Waals surface area contributed by atoms with Gasteiger partial charge in [-0.1, -0.05) is 32.0 Å². The SMILES string of the molecule is COc1ccccc1CNCC(C)(C)CC(=O)O. The first-order valence-electron chi connectivity index (χ1n) is 5.99. The van der Waals surface area contributed by atoms with Gasteiger partial charge in [-0.25, -0.2) is 0 Å². The zero-order valence-electron chi connectivity index (χ0n) is 11.2. The Morgan fingerprint density at radius 3 is 2.67 bits per heavy atom. The van der Waals surface area contributed by atoms with Crippen molar-refractivity contribution in [2.24, 2.45) is 5.41 Å². The molecule has 100 valence electrons. The summed E-state index contributed by atoms with van der Waals surface area (Å²) in [6, 6.07) is 7.80. The van der Waals surface area contributed by atoms with Crippen LogP contribution in [-0.4, -0.2) is 24.7 Å². The predicted molar refractivity (Wildman–Crippen MR) is 70.7 cm³/mol. The Morgan fingerprint density at radius 1 is 1.39 bits per heavy atom. The number of nitrogens with one attached hydrogen (secondary N) is 1. The van der Waals surface area contributed by atoms with Crippen molar-refractivity contribution in [3.8, 4) is 5.75 Å². The van der Waals surface area contributed by atoms with Crippen LogP contribution in [0, 0.1) is 5.41 Å². The van der Waals surface area contributed by atoms with E-state index < -0.39 is 5.97 Å². The molecule has 0 spiro atoms. The van der Waals surface area contributed by atoms with E-state index >= 15 is 0 Å². The van der Waals surface area contributed by atoms with Crippen LogP contribution < -0.4 is 10.1 Å². The maximum Gasteiger partial charge on any atom is 0.303 e. The quantitative estimate of drug-likeness (QED) is 0.780. The third-order valence-electron chi connectivity index (χ3n) is 2.74. The number of carboxylic acid groups (broad SMARTS) is 1. The molecule has 4 heteroatoms. The van der Waals surface area contributed by atoms with Crippen molar-refractivity contribution < 1.29 is 14.6 Å². The second-order valence-corrected chi connectivity index (χ2v) is 5.15. The van der Waals surface area contributed by atoms with E-state index in [9.17, 15) is 4.79 Å². The number of carbonyl (C=O) groups is 1. The molecule has 0 aliphatic heterocycles. The summed E-state index contributed by atoms with van der Waals surface area (Å²) in [7, 11) is 1.65. The van der Waals surface area contributed by atoms with E-state index in [1.807, 2.05) is 38.1 Å². The van der Waals surface area contributed by atoms with Crippen LogP contribution in [0.3, 0.4) is 0 Å². The Balaban J connectivity index is 2.48. The van der Waals surface area contributed by atoms with Gasteiger partial charge in [0.1, 0.15) is 5.75 Å². The number of rotatable bonds is 7. The maximum absolute atomic E-state index is 10.7. The fourth-order valence-corrected chi connectivity index (χ4v) is 1.86. The van der Waals surface area contributed by atoms with Gasteiger partial charge in [0, 0.05) is 18.7 Å². The summed E-state index contributed by atoms with van der Waals surface area (Å²) < 4.78 is 5.26. The fraction of sp³-hybridized carbons (Fsp3) is 0.500. The van der Waals surface area contributed by atoms with E-state index in [-0.39, 0.29) is 11.8 Å². The van der Waals surface area contributed by atoms with Crippen molar-refractivity contribution >= 4 is 5.97 Å². The molecule has 0 aliphatic rings. The number of ether oxygens (including phenoxy) is 1. The molecule has 0 fully saturated rings. The molecular weight excluding hydrogens is 230 g/mol. The molecule has 0 radical (unpaired) electrons. The van der Waals surface area contributed by atoms with Crippen molar-refractivity contribution in [1.82, 2.24) is 5.32 Å². The van der Waals surface area contributed by atoms with Crippen LogP contribution >= 0.6 is 0 Å². The van der Waals surface area contributed by atoms with Gasteiger partial charge in [0.05, 0.1) is 13.5 Å². The number of hydrogen-bond donors (Lipinski definition) is 2. The van der Waals surface area contributed by atoms with Crippen LogP contribution in [0.2, 0.25) is 0 Å². The molecule has 1 aromatic carbocycles. The molecule has 0 heterocycles. The first-order valence-corrected chi connectivity index (χ1v) is 5.99. The molecule has 4 nitrogen and oxygen atoms in total. The molecule has 1 rings (SSSR count). The monoisotopic (exact) mass is 251 g/mol. The minimum absolute atomic E-state index is 0.159. The number of benzene rings is 1. The molecule has 0 unspecified atom stereocenters. The zero-order valence-corrected chi connectivity index (χ0v) is 11.2. The van der Waals surface area contributed by atoms with Gasteiger partial charge in [-0.2, -0.15) is 0 Å². The molecule has 0 bridgehead atoms. The highest BCUT2D eigenvalue weighted by atomic mass is 16.5. The summed E-state index contributed by atoms with van der Waals surface area (Å²) in [4.78, 5) is 10.7. The third-order valence-corrected chi connectivity index (χ3v) is 2.74. The van der Waals surface area contributed by atoms with Crippen molar-refractivity contribution in [1.29, 1.82) is 0 Å². The number of methoxy groups -OCH3 is 1. The third kappa shape index (κ3) is 4.75. The van der Waals surface area contributed by atoms with Crippen LogP contribution in [0.15, 0.2) is 24.3 Å². The highest BCUT2D eigenvalue weighted by Crippen LogP contribution is 2.20. The van der Waals surface area contributed by atoms with Gasteiger partial charge in [-0.15, -0.1) is 0 Å². The summed E-state index contributed by atoms with van der Waals surface area (Å²) in [6.45, 7) is 5.21. The molecule has 0 aromatic heterocycles. The second kappa shape index (κ2) is 6.40. The van der Waals surface area contributed by atoms with Crippen LogP contribution in [0.25, 0.3) is 0 Å². The number of aliphatic carboxylic acids is 1. The highest BCUT2D eigenvalue weighted by Gasteiger charge is 2.21. The van der Waals surface area contributed by atoms with E-state index in [0.29, 0.717) is 13.1 Å². The van der Waals surface area contributed by atoms with Crippen LogP contribution in [0.5, 0.6) is 5.75 Å². The summed E-state index contributed by atoms with van der Waals surface area (Å²) in [5, 5.41) is 12.1. The first kappa shape index (κ1) is 14.5. The Kier molecular flexibility index (Phi) is 5.16. The normalized spacial score (nSPS) is 11.3. The van der Waals surface area contributed by atoms with Crippen LogP contribution in [-0.2, 0) is 11.3 Å². The molecule has 0 aliphatic carbocycles. The molecule has 1 aromatic rings. The van der Waals surface area contributed by atoms with Gasteiger partial charge < -0.3 is 15.2 Å². The summed E-state index contributed by atoms with van der Waals surface area (Å²) in [5.74, 6) is 0.0835. The fourth-order valence-electron chi connectivity index (χ4n) is 1.86. The topological polar surface area (TPSA) is 58.6 Å². The summed E-state index contributed by atoms with van der Waals surface area (Å²) in [5.41, 5.74) is 0.819. The smallest absolute Gasteiger partial charge is 0.303 e. The van der Waals surface area contributed by atoms with Crippen molar-refractivity contribution in [3.63, 3.8) is 0 Å². The predicted octanol–water partition coefficient (Wildman–Crippen LogP) is 2.29. The Bertz CT molecular complexity index is 402. The van der Waals surface area contributed by atoms with E-state index in [1.54, 1.807) is 7.11 Å². The lowest BCUT2D eigenvalue weighted by atomic mass is 9.89. The summed E-state index contributed by atoms with van der Waals surface area (Å²) in [6.07, 6.45) is 0.159. The lowest BCUT2D eigenvalue weighted by Gasteiger charge is -2.23. The van der Waals surface area contributed by atoms with Gasteiger partial charge >= 0.3 is 5.97 Å². The molecule has 18 heavy (non-hydrogen) atoms. The average molecular weight is 251 g/mol. The Labute approximate surface area is 108 Å². The molecule has 0 amide bonds. The van der Waals surface area contributed by atoms with Crippen LogP contribution in [0.1, 0.15) is 25.8 Å². The first-order chi connectivity index (χ1) is 8.44. The molecule has 0 saturated heterocycles. The number of hydrogen-bond acceptors (Lipinski definition) is 3. The standard InChI is InChI=1S/C14H21NO3/c1-14(2,8-13(16)17)10-15-9-11-6-4-5-7-12(11)18-3/h4-7,15H,8-10H2,1-3H3,(H,16,17). The number of para-hydroxylation sites is 1. The van der Waals surface area contributed by atoms with E-state index in [1.165, 1.54) is 0 Å². The zero-order chi connectivity index (χ0) is 13.6. The second-order valence-electron chi connectivity index (χ2n) is 5.15. The van der Waals surface area contributed by atoms with E-state index in [2.05, 4.69) is 5.32 Å². The van der Waals surface area contributed by atoms with Crippen molar-refractivity contribution in [2.75, 3.05) is 13.7 Å². The van der Waals surface area contributed by atoms with Gasteiger partial charge in [0.15, 0.2) is 0 Å². The van der Waals surface area contributed by atoms with Gasteiger partial charge in [-0.05, 0) is 11.5 Å². The maximum atomic E-state index is 10.7. The molecule has 0 saturated carbocycles. The average Bonchev–Trinajstić information content (AvgIpc) is 2.27. The summed E-state index contributed by atoms with van der Waals surface area (Å²) >= 11 is 0. The molecular formula is C14H21NO3. The van der Waals surface area contributed by atoms with Crippen LogP contribution in [0.4, 0.5) is 0 Å². The lowest BCUT2D eigenvalue weighted by Crippen LogP contribution is -2.31. The lowest BCUT2D eigenvalue weighted by molar-refractivity contribution is -0.139. The van der Waals surface area contributed by atoms with Crippen molar-refractivity contribution in [3.05, 3.63) is 29.8 Å². The minimum atomic E-state index is -0.765. The molecule has 2 N–H and O–H groups in total. The van der Waals surface area contributed by atoms with Gasteiger partial charge in [0.25, 0.3) is 0 Å².